The molecule has 19 heavy (non-hydrogen) atoms. The van der Waals surface area contributed by atoms with Gasteiger partial charge in [0.15, 0.2) is 11.5 Å². The van der Waals surface area contributed by atoms with Gasteiger partial charge in [0.25, 0.3) is 0 Å². The lowest BCUT2D eigenvalue weighted by Gasteiger charge is -2.27. The fraction of sp³-hybridized carbons (Fsp3) is 0.600. The fourth-order valence-corrected chi connectivity index (χ4v) is 2.49. The molecule has 0 saturated carbocycles. The fourth-order valence-electron chi connectivity index (χ4n) is 2.09. The summed E-state index contributed by atoms with van der Waals surface area (Å²) in [5, 5.41) is 4.07. The summed E-state index contributed by atoms with van der Waals surface area (Å²) in [4.78, 5) is 0. The third-order valence-corrected chi connectivity index (χ3v) is 3.69. The van der Waals surface area contributed by atoms with Gasteiger partial charge >= 0.3 is 0 Å². The quantitative estimate of drug-likeness (QED) is 0.776. The molecular weight excluding hydrogens is 262 g/mol. The number of methoxy groups -OCH3 is 2. The summed E-state index contributed by atoms with van der Waals surface area (Å²) in [5.41, 5.74) is 1.07. The predicted molar refractivity (Wildman–Crippen MR) is 80.7 cm³/mol. The minimum absolute atomic E-state index is 0.0151. The molecule has 0 heterocycles. The first-order chi connectivity index (χ1) is 8.96. The van der Waals surface area contributed by atoms with Crippen molar-refractivity contribution < 1.29 is 9.47 Å². The number of rotatable bonds is 7. The van der Waals surface area contributed by atoms with Crippen LogP contribution in [0.3, 0.4) is 0 Å². The van der Waals surface area contributed by atoms with Gasteiger partial charge in [-0.2, -0.15) is 0 Å². The lowest BCUT2D eigenvalue weighted by Crippen LogP contribution is -2.25. The molecule has 1 N–H and O–H groups in total. The Hall–Kier alpha value is -0.930. The average Bonchev–Trinajstić information content (AvgIpc) is 2.38. The van der Waals surface area contributed by atoms with E-state index < -0.39 is 0 Å². The smallest absolute Gasteiger partial charge is 0.162 e. The minimum atomic E-state index is -0.0151. The molecule has 0 bridgehead atoms. The van der Waals surface area contributed by atoms with E-state index in [9.17, 15) is 0 Å². The normalized spacial score (nSPS) is 11.5. The van der Waals surface area contributed by atoms with Crippen molar-refractivity contribution in [2.24, 2.45) is 0 Å². The molecule has 0 saturated heterocycles. The van der Waals surface area contributed by atoms with Crippen molar-refractivity contribution in [3.63, 3.8) is 0 Å². The van der Waals surface area contributed by atoms with Crippen molar-refractivity contribution in [2.45, 2.75) is 32.6 Å². The zero-order chi connectivity index (χ0) is 14.5. The Bertz CT molecular complexity index is 419. The maximum atomic E-state index is 6.38. The first kappa shape index (κ1) is 16.1. The highest BCUT2D eigenvalue weighted by Crippen LogP contribution is 2.39. The molecule has 1 aromatic carbocycles. The Morgan fingerprint density at radius 1 is 1.16 bits per heavy atom. The summed E-state index contributed by atoms with van der Waals surface area (Å²) in [6.07, 6.45) is 1.01. The Labute approximate surface area is 121 Å². The maximum absolute atomic E-state index is 6.38. The van der Waals surface area contributed by atoms with Crippen LogP contribution in [0, 0.1) is 0 Å². The predicted octanol–water partition coefficient (Wildman–Crippen LogP) is 3.63. The van der Waals surface area contributed by atoms with Crippen molar-refractivity contribution in [3.8, 4) is 11.5 Å². The van der Waals surface area contributed by atoms with Gasteiger partial charge in [0, 0.05) is 11.1 Å². The van der Waals surface area contributed by atoms with Crippen LogP contribution in [0.4, 0.5) is 0 Å². The standard InChI is InChI=1S/C15H24ClNO2/c1-6-17-8-7-15(2,3)11-9-13(18-4)14(19-5)10-12(11)16/h9-10,17H,6-8H2,1-5H3. The second kappa shape index (κ2) is 7.01. The monoisotopic (exact) mass is 285 g/mol. The number of hydrogen-bond donors (Lipinski definition) is 1. The second-order valence-electron chi connectivity index (χ2n) is 5.17. The largest absolute Gasteiger partial charge is 0.493 e. The van der Waals surface area contributed by atoms with Gasteiger partial charge in [-0.1, -0.05) is 32.4 Å². The topological polar surface area (TPSA) is 30.5 Å². The molecule has 0 aliphatic rings. The van der Waals surface area contributed by atoms with E-state index in [0.717, 1.165) is 35.8 Å². The van der Waals surface area contributed by atoms with Gasteiger partial charge in [0.1, 0.15) is 0 Å². The molecule has 0 aliphatic carbocycles. The molecule has 4 heteroatoms. The van der Waals surface area contributed by atoms with E-state index in [-0.39, 0.29) is 5.41 Å². The summed E-state index contributed by atoms with van der Waals surface area (Å²) < 4.78 is 10.6. The van der Waals surface area contributed by atoms with E-state index in [4.69, 9.17) is 21.1 Å². The Morgan fingerprint density at radius 3 is 2.26 bits per heavy atom. The molecule has 1 rings (SSSR count). The Kier molecular flexibility index (Phi) is 5.95. The van der Waals surface area contributed by atoms with E-state index in [1.54, 1.807) is 14.2 Å². The highest BCUT2D eigenvalue weighted by molar-refractivity contribution is 6.31. The van der Waals surface area contributed by atoms with Crippen LogP contribution in [-0.4, -0.2) is 27.3 Å². The van der Waals surface area contributed by atoms with Crippen molar-refractivity contribution in [1.29, 1.82) is 0 Å². The van der Waals surface area contributed by atoms with E-state index in [1.807, 2.05) is 12.1 Å². The van der Waals surface area contributed by atoms with Gasteiger partial charge in [-0.05, 0) is 36.6 Å². The van der Waals surface area contributed by atoms with Crippen LogP contribution < -0.4 is 14.8 Å². The molecule has 0 amide bonds. The molecule has 0 radical (unpaired) electrons. The van der Waals surface area contributed by atoms with E-state index in [0.29, 0.717) is 5.75 Å². The summed E-state index contributed by atoms with van der Waals surface area (Å²) in [5.74, 6) is 1.39. The van der Waals surface area contributed by atoms with Crippen LogP contribution in [0.15, 0.2) is 12.1 Å². The first-order valence-corrected chi connectivity index (χ1v) is 6.96. The minimum Gasteiger partial charge on any atom is -0.493 e. The zero-order valence-corrected chi connectivity index (χ0v) is 13.2. The molecule has 0 aromatic heterocycles. The van der Waals surface area contributed by atoms with Crippen LogP contribution in [0.5, 0.6) is 11.5 Å². The summed E-state index contributed by atoms with van der Waals surface area (Å²) in [6, 6.07) is 3.80. The lowest BCUT2D eigenvalue weighted by molar-refractivity contribution is 0.352. The lowest BCUT2D eigenvalue weighted by atomic mass is 9.81. The molecule has 108 valence electrons. The first-order valence-electron chi connectivity index (χ1n) is 6.59. The molecule has 3 nitrogen and oxygen atoms in total. The van der Waals surface area contributed by atoms with Crippen molar-refractivity contribution in [1.82, 2.24) is 5.32 Å². The SMILES string of the molecule is CCNCCC(C)(C)c1cc(OC)c(OC)cc1Cl. The van der Waals surface area contributed by atoms with Gasteiger partial charge in [0.05, 0.1) is 14.2 Å². The number of halogens is 1. The summed E-state index contributed by atoms with van der Waals surface area (Å²) in [7, 11) is 3.26. The van der Waals surface area contributed by atoms with Crippen LogP contribution in [0.25, 0.3) is 0 Å². The van der Waals surface area contributed by atoms with Gasteiger partial charge in [-0.25, -0.2) is 0 Å². The van der Waals surface area contributed by atoms with Gasteiger partial charge in [-0.15, -0.1) is 0 Å². The van der Waals surface area contributed by atoms with Crippen molar-refractivity contribution in [2.75, 3.05) is 27.3 Å². The van der Waals surface area contributed by atoms with Crippen LogP contribution >= 0.6 is 11.6 Å². The van der Waals surface area contributed by atoms with Crippen LogP contribution in [-0.2, 0) is 5.41 Å². The van der Waals surface area contributed by atoms with Gasteiger partial charge in [-0.3, -0.25) is 0 Å². The zero-order valence-electron chi connectivity index (χ0n) is 12.5. The number of hydrogen-bond acceptors (Lipinski definition) is 3. The van der Waals surface area contributed by atoms with E-state index in [1.165, 1.54) is 0 Å². The molecular formula is C15H24ClNO2. The molecule has 1 aromatic rings. The number of benzene rings is 1. The number of nitrogens with one attached hydrogen (secondary N) is 1. The van der Waals surface area contributed by atoms with Crippen LogP contribution in [0.2, 0.25) is 5.02 Å². The highest BCUT2D eigenvalue weighted by Gasteiger charge is 2.25. The van der Waals surface area contributed by atoms with E-state index >= 15 is 0 Å². The maximum Gasteiger partial charge on any atom is 0.162 e. The average molecular weight is 286 g/mol. The molecule has 0 aliphatic heterocycles. The Balaban J connectivity index is 3.04. The third kappa shape index (κ3) is 4.02. The molecule has 0 fully saturated rings. The molecule has 0 atom stereocenters. The summed E-state index contributed by atoms with van der Waals surface area (Å²) in [6.45, 7) is 8.44. The third-order valence-electron chi connectivity index (χ3n) is 3.38. The molecule has 0 unspecified atom stereocenters. The van der Waals surface area contributed by atoms with E-state index in [2.05, 4.69) is 26.1 Å². The Morgan fingerprint density at radius 2 is 1.74 bits per heavy atom. The summed E-state index contributed by atoms with van der Waals surface area (Å²) >= 11 is 6.38. The number of ether oxygens (including phenoxy) is 2. The van der Waals surface area contributed by atoms with Gasteiger partial charge < -0.3 is 14.8 Å². The van der Waals surface area contributed by atoms with Gasteiger partial charge in [0.2, 0.25) is 0 Å². The molecule has 0 spiro atoms. The van der Waals surface area contributed by atoms with Crippen molar-refractivity contribution in [3.05, 3.63) is 22.7 Å². The van der Waals surface area contributed by atoms with Crippen molar-refractivity contribution >= 4 is 11.6 Å². The van der Waals surface area contributed by atoms with Crippen LogP contribution in [0.1, 0.15) is 32.8 Å². The highest BCUT2D eigenvalue weighted by atomic mass is 35.5. The second-order valence-corrected chi connectivity index (χ2v) is 5.58.